The first kappa shape index (κ1) is 15.9. The van der Waals surface area contributed by atoms with Crippen LogP contribution in [0.3, 0.4) is 0 Å². The molecule has 2 aromatic rings. The minimum atomic E-state index is -0.488. The van der Waals surface area contributed by atoms with Crippen molar-refractivity contribution in [3.63, 3.8) is 0 Å². The van der Waals surface area contributed by atoms with E-state index in [0.717, 1.165) is 23.4 Å². The maximum Gasteiger partial charge on any atom is 0.278 e. The first-order chi connectivity index (χ1) is 10.3. The van der Waals surface area contributed by atoms with E-state index in [0.29, 0.717) is 11.5 Å². The second-order valence-electron chi connectivity index (χ2n) is 5.77. The molecule has 6 heteroatoms. The molecule has 0 N–H and O–H groups in total. The SMILES string of the molecule is Cc1nn(C(=O)c2ccc([N+](=O)[O-])cc2)c(C)c1CC(C)C. The highest BCUT2D eigenvalue weighted by Gasteiger charge is 2.19. The molecule has 0 bridgehead atoms. The van der Waals surface area contributed by atoms with Crippen LogP contribution >= 0.6 is 0 Å². The van der Waals surface area contributed by atoms with Gasteiger partial charge in [-0.3, -0.25) is 14.9 Å². The van der Waals surface area contributed by atoms with Gasteiger partial charge < -0.3 is 0 Å². The van der Waals surface area contributed by atoms with Crippen molar-refractivity contribution in [3.8, 4) is 0 Å². The Balaban J connectivity index is 2.35. The van der Waals surface area contributed by atoms with Crippen LogP contribution in [0.4, 0.5) is 5.69 Å². The van der Waals surface area contributed by atoms with E-state index in [2.05, 4.69) is 18.9 Å². The minimum Gasteiger partial charge on any atom is -0.267 e. The summed E-state index contributed by atoms with van der Waals surface area (Å²) in [7, 11) is 0. The molecule has 0 aliphatic rings. The summed E-state index contributed by atoms with van der Waals surface area (Å²) in [6.45, 7) is 8.01. The van der Waals surface area contributed by atoms with Crippen LogP contribution in [-0.2, 0) is 6.42 Å². The average molecular weight is 301 g/mol. The maximum atomic E-state index is 12.5. The lowest BCUT2D eigenvalue weighted by atomic mass is 10.0. The van der Waals surface area contributed by atoms with Crippen LogP contribution in [0.15, 0.2) is 24.3 Å². The third-order valence-corrected chi connectivity index (χ3v) is 3.57. The van der Waals surface area contributed by atoms with E-state index in [1.54, 1.807) is 0 Å². The largest absolute Gasteiger partial charge is 0.278 e. The Labute approximate surface area is 128 Å². The Bertz CT molecular complexity index is 715. The summed E-state index contributed by atoms with van der Waals surface area (Å²) in [5.41, 5.74) is 3.11. The highest BCUT2D eigenvalue weighted by atomic mass is 16.6. The van der Waals surface area contributed by atoms with Crippen molar-refractivity contribution in [2.24, 2.45) is 5.92 Å². The highest BCUT2D eigenvalue weighted by molar-refractivity contribution is 5.96. The van der Waals surface area contributed by atoms with Gasteiger partial charge >= 0.3 is 0 Å². The van der Waals surface area contributed by atoms with Crippen molar-refractivity contribution in [1.82, 2.24) is 9.78 Å². The molecule has 22 heavy (non-hydrogen) atoms. The lowest BCUT2D eigenvalue weighted by Gasteiger charge is -2.06. The quantitative estimate of drug-likeness (QED) is 0.641. The molecule has 0 atom stereocenters. The fraction of sp³-hybridized carbons (Fsp3) is 0.375. The molecule has 0 radical (unpaired) electrons. The molecule has 0 saturated heterocycles. The van der Waals surface area contributed by atoms with Gasteiger partial charge in [0, 0.05) is 23.4 Å². The molecule has 116 valence electrons. The van der Waals surface area contributed by atoms with E-state index in [4.69, 9.17) is 0 Å². The number of nitrogens with zero attached hydrogens (tertiary/aromatic N) is 3. The molecule has 1 aromatic heterocycles. The normalized spacial score (nSPS) is 11.0. The summed E-state index contributed by atoms with van der Waals surface area (Å²) in [6, 6.07) is 5.57. The number of non-ortho nitro benzene ring substituents is 1. The number of benzene rings is 1. The van der Waals surface area contributed by atoms with E-state index in [9.17, 15) is 14.9 Å². The topological polar surface area (TPSA) is 78.0 Å². The molecule has 0 unspecified atom stereocenters. The molecule has 6 nitrogen and oxygen atoms in total. The average Bonchev–Trinajstić information content (AvgIpc) is 2.74. The molecular weight excluding hydrogens is 282 g/mol. The van der Waals surface area contributed by atoms with Gasteiger partial charge in [-0.1, -0.05) is 13.8 Å². The Kier molecular flexibility index (Phi) is 4.40. The van der Waals surface area contributed by atoms with E-state index < -0.39 is 4.92 Å². The Morgan fingerprint density at radius 2 is 1.86 bits per heavy atom. The zero-order chi connectivity index (χ0) is 16.4. The third-order valence-electron chi connectivity index (χ3n) is 3.57. The standard InChI is InChI=1S/C16H19N3O3/c1-10(2)9-15-11(3)17-18(12(15)4)16(20)13-5-7-14(8-6-13)19(21)22/h5-8,10H,9H2,1-4H3. The molecule has 2 rings (SSSR count). The number of carbonyl (C=O) groups is 1. The molecule has 0 amide bonds. The highest BCUT2D eigenvalue weighted by Crippen LogP contribution is 2.19. The molecule has 0 spiro atoms. The van der Waals surface area contributed by atoms with Gasteiger partial charge in [0.15, 0.2) is 0 Å². The molecule has 0 saturated carbocycles. The second-order valence-corrected chi connectivity index (χ2v) is 5.77. The second kappa shape index (κ2) is 6.09. The van der Waals surface area contributed by atoms with Crippen molar-refractivity contribution in [3.05, 3.63) is 56.9 Å². The number of nitro benzene ring substituents is 1. The molecule has 1 heterocycles. The lowest BCUT2D eigenvalue weighted by Crippen LogP contribution is -2.15. The monoisotopic (exact) mass is 301 g/mol. The number of aromatic nitrogens is 2. The van der Waals surface area contributed by atoms with Crippen LogP contribution < -0.4 is 0 Å². The van der Waals surface area contributed by atoms with Gasteiger partial charge in [0.2, 0.25) is 0 Å². The van der Waals surface area contributed by atoms with Gasteiger partial charge in [-0.15, -0.1) is 0 Å². The number of nitro groups is 1. The molecule has 0 fully saturated rings. The van der Waals surface area contributed by atoms with E-state index in [1.807, 2.05) is 13.8 Å². The molecule has 0 aliphatic carbocycles. The van der Waals surface area contributed by atoms with Crippen molar-refractivity contribution in [1.29, 1.82) is 0 Å². The van der Waals surface area contributed by atoms with Crippen molar-refractivity contribution < 1.29 is 9.72 Å². The van der Waals surface area contributed by atoms with Crippen molar-refractivity contribution in [2.75, 3.05) is 0 Å². The first-order valence-electron chi connectivity index (χ1n) is 7.15. The Hall–Kier alpha value is -2.50. The number of hydrogen-bond donors (Lipinski definition) is 0. The van der Waals surface area contributed by atoms with Gasteiger partial charge in [0.1, 0.15) is 0 Å². The van der Waals surface area contributed by atoms with Crippen molar-refractivity contribution in [2.45, 2.75) is 34.1 Å². The van der Waals surface area contributed by atoms with Crippen molar-refractivity contribution >= 4 is 11.6 Å². The molecular formula is C16H19N3O3. The molecule has 0 aliphatic heterocycles. The third kappa shape index (κ3) is 3.05. The molecule has 1 aromatic carbocycles. The van der Waals surface area contributed by atoms with Gasteiger partial charge in [-0.2, -0.15) is 5.10 Å². The summed E-state index contributed by atoms with van der Waals surface area (Å²) >= 11 is 0. The zero-order valence-corrected chi connectivity index (χ0v) is 13.2. The van der Waals surface area contributed by atoms with E-state index >= 15 is 0 Å². The van der Waals surface area contributed by atoms with Crippen LogP contribution in [0.25, 0.3) is 0 Å². The number of rotatable bonds is 4. The van der Waals surface area contributed by atoms with Crippen LogP contribution in [0.2, 0.25) is 0 Å². The van der Waals surface area contributed by atoms with Gasteiger partial charge in [-0.25, -0.2) is 4.68 Å². The fourth-order valence-corrected chi connectivity index (χ4v) is 2.42. The van der Waals surface area contributed by atoms with Gasteiger partial charge in [0.25, 0.3) is 11.6 Å². The van der Waals surface area contributed by atoms with Crippen LogP contribution in [0, 0.1) is 29.9 Å². The van der Waals surface area contributed by atoms with Crippen LogP contribution in [-0.4, -0.2) is 20.6 Å². The van der Waals surface area contributed by atoms with E-state index in [1.165, 1.54) is 28.9 Å². The van der Waals surface area contributed by atoms with Gasteiger partial charge in [-0.05, 0) is 43.9 Å². The summed E-state index contributed by atoms with van der Waals surface area (Å²) in [4.78, 5) is 22.7. The first-order valence-corrected chi connectivity index (χ1v) is 7.15. The van der Waals surface area contributed by atoms with Crippen LogP contribution in [0.5, 0.6) is 0 Å². The number of hydrogen-bond acceptors (Lipinski definition) is 4. The predicted molar refractivity (Wildman–Crippen MR) is 83.1 cm³/mol. The fourth-order valence-electron chi connectivity index (χ4n) is 2.42. The number of carbonyl (C=O) groups excluding carboxylic acids is 1. The summed E-state index contributed by atoms with van der Waals surface area (Å²) < 4.78 is 1.38. The summed E-state index contributed by atoms with van der Waals surface area (Å²) in [5, 5.41) is 15.0. The Morgan fingerprint density at radius 1 is 1.27 bits per heavy atom. The summed E-state index contributed by atoms with van der Waals surface area (Å²) in [5.74, 6) is 0.204. The summed E-state index contributed by atoms with van der Waals surface area (Å²) in [6.07, 6.45) is 0.866. The van der Waals surface area contributed by atoms with Gasteiger partial charge in [0.05, 0.1) is 10.6 Å². The smallest absolute Gasteiger partial charge is 0.267 e. The van der Waals surface area contributed by atoms with Crippen LogP contribution in [0.1, 0.15) is 41.2 Å². The maximum absolute atomic E-state index is 12.5. The predicted octanol–water partition coefficient (Wildman–Crippen LogP) is 3.30. The van der Waals surface area contributed by atoms with E-state index in [-0.39, 0.29) is 11.6 Å². The Morgan fingerprint density at radius 3 is 2.36 bits per heavy atom. The number of aryl methyl sites for hydroxylation is 1. The lowest BCUT2D eigenvalue weighted by molar-refractivity contribution is -0.384. The zero-order valence-electron chi connectivity index (χ0n) is 13.2. The minimum absolute atomic E-state index is 0.0367.